The van der Waals surface area contributed by atoms with Gasteiger partial charge >= 0.3 is 5.97 Å². The normalized spacial score (nSPS) is 11.1. The Morgan fingerprint density at radius 2 is 2.16 bits per heavy atom. The Labute approximate surface area is 112 Å². The summed E-state index contributed by atoms with van der Waals surface area (Å²) in [6, 6.07) is 5.35. The summed E-state index contributed by atoms with van der Waals surface area (Å²) in [5.74, 6) is -0.881. The zero-order chi connectivity index (χ0) is 14.0. The molecule has 1 heterocycles. The molecule has 1 aromatic heterocycles. The van der Waals surface area contributed by atoms with Gasteiger partial charge in [-0.15, -0.1) is 0 Å². The quantitative estimate of drug-likeness (QED) is 0.868. The SMILES string of the molecule is CCn1c(C)c(CCCN)c2cc(C(=O)O)ccc21. The molecule has 102 valence electrons. The number of aryl methyl sites for hydroxylation is 2. The number of carboxylic acids is 1. The van der Waals surface area contributed by atoms with Gasteiger partial charge in [0.05, 0.1) is 5.56 Å². The van der Waals surface area contributed by atoms with Crippen LogP contribution >= 0.6 is 0 Å². The van der Waals surface area contributed by atoms with E-state index in [0.717, 1.165) is 30.3 Å². The van der Waals surface area contributed by atoms with Crippen molar-refractivity contribution in [1.29, 1.82) is 0 Å². The van der Waals surface area contributed by atoms with Crippen LogP contribution in [0, 0.1) is 6.92 Å². The van der Waals surface area contributed by atoms with Crippen LogP contribution in [0.15, 0.2) is 18.2 Å². The van der Waals surface area contributed by atoms with Gasteiger partial charge in [0.1, 0.15) is 0 Å². The summed E-state index contributed by atoms with van der Waals surface area (Å²) in [4.78, 5) is 11.1. The van der Waals surface area contributed by atoms with E-state index in [9.17, 15) is 4.79 Å². The Morgan fingerprint density at radius 1 is 1.42 bits per heavy atom. The summed E-state index contributed by atoms with van der Waals surface area (Å²) in [5, 5.41) is 10.2. The number of nitrogens with zero attached hydrogens (tertiary/aromatic N) is 1. The number of aromatic carboxylic acids is 1. The van der Waals surface area contributed by atoms with E-state index in [1.54, 1.807) is 12.1 Å². The van der Waals surface area contributed by atoms with Crippen molar-refractivity contribution in [1.82, 2.24) is 4.57 Å². The number of benzene rings is 1. The number of nitrogens with two attached hydrogens (primary N) is 1. The minimum Gasteiger partial charge on any atom is -0.478 e. The summed E-state index contributed by atoms with van der Waals surface area (Å²) in [5.41, 5.74) is 9.48. The van der Waals surface area contributed by atoms with Gasteiger partial charge in [-0.25, -0.2) is 4.79 Å². The van der Waals surface area contributed by atoms with Crippen LogP contribution in [0.2, 0.25) is 0 Å². The van der Waals surface area contributed by atoms with Gasteiger partial charge in [-0.1, -0.05) is 0 Å². The number of hydrogen-bond acceptors (Lipinski definition) is 2. The molecule has 0 fully saturated rings. The standard InChI is InChI=1S/C15H20N2O2/c1-3-17-10(2)12(5-4-8-16)13-9-11(15(18)19)6-7-14(13)17/h6-7,9H,3-5,8,16H2,1-2H3,(H,18,19). The van der Waals surface area contributed by atoms with Crippen LogP contribution in [0.5, 0.6) is 0 Å². The molecule has 4 nitrogen and oxygen atoms in total. The van der Waals surface area contributed by atoms with Crippen LogP contribution < -0.4 is 5.73 Å². The maximum absolute atomic E-state index is 11.1. The van der Waals surface area contributed by atoms with Crippen molar-refractivity contribution in [3.05, 3.63) is 35.0 Å². The van der Waals surface area contributed by atoms with Crippen LogP contribution in [-0.2, 0) is 13.0 Å². The Kier molecular flexibility index (Phi) is 3.90. The van der Waals surface area contributed by atoms with E-state index < -0.39 is 5.97 Å². The molecular weight excluding hydrogens is 240 g/mol. The summed E-state index contributed by atoms with van der Waals surface area (Å²) in [7, 11) is 0. The first-order valence-corrected chi connectivity index (χ1v) is 6.65. The number of hydrogen-bond donors (Lipinski definition) is 2. The highest BCUT2D eigenvalue weighted by molar-refractivity contribution is 5.95. The molecule has 19 heavy (non-hydrogen) atoms. The van der Waals surface area contributed by atoms with E-state index in [1.807, 2.05) is 6.07 Å². The topological polar surface area (TPSA) is 68.2 Å². The Hall–Kier alpha value is -1.81. The molecular formula is C15H20N2O2. The predicted octanol–water partition coefficient (Wildman–Crippen LogP) is 2.56. The molecule has 0 aliphatic carbocycles. The second-order valence-corrected chi connectivity index (χ2v) is 4.74. The van der Waals surface area contributed by atoms with E-state index in [-0.39, 0.29) is 0 Å². The lowest BCUT2D eigenvalue weighted by Crippen LogP contribution is -2.02. The lowest BCUT2D eigenvalue weighted by molar-refractivity contribution is 0.0697. The van der Waals surface area contributed by atoms with Gasteiger partial charge < -0.3 is 15.4 Å². The van der Waals surface area contributed by atoms with Gasteiger partial charge in [-0.2, -0.15) is 0 Å². The number of aromatic nitrogens is 1. The number of fused-ring (bicyclic) bond motifs is 1. The molecule has 0 amide bonds. The van der Waals surface area contributed by atoms with Crippen molar-refractivity contribution in [2.24, 2.45) is 5.73 Å². The summed E-state index contributed by atoms with van der Waals surface area (Å²) < 4.78 is 2.23. The zero-order valence-electron chi connectivity index (χ0n) is 11.4. The van der Waals surface area contributed by atoms with Crippen LogP contribution in [0.25, 0.3) is 10.9 Å². The highest BCUT2D eigenvalue weighted by atomic mass is 16.4. The van der Waals surface area contributed by atoms with E-state index in [1.165, 1.54) is 11.3 Å². The minimum atomic E-state index is -0.881. The van der Waals surface area contributed by atoms with Gasteiger partial charge in [0, 0.05) is 23.1 Å². The highest BCUT2D eigenvalue weighted by Gasteiger charge is 2.14. The lowest BCUT2D eigenvalue weighted by Gasteiger charge is -2.04. The lowest BCUT2D eigenvalue weighted by atomic mass is 10.0. The molecule has 0 atom stereocenters. The van der Waals surface area contributed by atoms with Gasteiger partial charge in [-0.3, -0.25) is 0 Å². The molecule has 0 bridgehead atoms. The summed E-state index contributed by atoms with van der Waals surface area (Å²) in [6.07, 6.45) is 1.82. The average molecular weight is 260 g/mol. The molecule has 0 spiro atoms. The second kappa shape index (κ2) is 5.45. The van der Waals surface area contributed by atoms with Gasteiger partial charge in [-0.05, 0) is 57.0 Å². The first-order chi connectivity index (χ1) is 9.10. The van der Waals surface area contributed by atoms with E-state index in [0.29, 0.717) is 12.1 Å². The van der Waals surface area contributed by atoms with Gasteiger partial charge in [0.2, 0.25) is 0 Å². The number of carboxylic acid groups (broad SMARTS) is 1. The molecule has 0 saturated heterocycles. The monoisotopic (exact) mass is 260 g/mol. The fourth-order valence-corrected chi connectivity index (χ4v) is 2.69. The molecule has 0 saturated carbocycles. The van der Waals surface area contributed by atoms with E-state index >= 15 is 0 Å². The first kappa shape index (κ1) is 13.6. The zero-order valence-corrected chi connectivity index (χ0v) is 11.4. The fraction of sp³-hybridized carbons (Fsp3) is 0.400. The molecule has 0 aliphatic rings. The second-order valence-electron chi connectivity index (χ2n) is 4.74. The summed E-state index contributed by atoms with van der Waals surface area (Å²) >= 11 is 0. The molecule has 2 aromatic rings. The number of carbonyl (C=O) groups is 1. The molecule has 1 aromatic carbocycles. The van der Waals surface area contributed by atoms with Crippen LogP contribution in [0.1, 0.15) is 35.0 Å². The molecule has 3 N–H and O–H groups in total. The minimum absolute atomic E-state index is 0.342. The third-order valence-corrected chi connectivity index (χ3v) is 3.65. The molecule has 2 rings (SSSR count). The van der Waals surface area contributed by atoms with Crippen molar-refractivity contribution < 1.29 is 9.90 Å². The molecule has 0 unspecified atom stereocenters. The third kappa shape index (κ3) is 2.36. The highest BCUT2D eigenvalue weighted by Crippen LogP contribution is 2.28. The first-order valence-electron chi connectivity index (χ1n) is 6.65. The Bertz CT molecular complexity index is 614. The van der Waals surface area contributed by atoms with Crippen molar-refractivity contribution in [3.8, 4) is 0 Å². The average Bonchev–Trinajstić information content (AvgIpc) is 2.67. The van der Waals surface area contributed by atoms with Crippen LogP contribution in [0.3, 0.4) is 0 Å². The van der Waals surface area contributed by atoms with E-state index in [4.69, 9.17) is 10.8 Å². The molecule has 4 heteroatoms. The van der Waals surface area contributed by atoms with Crippen molar-refractivity contribution >= 4 is 16.9 Å². The number of rotatable bonds is 5. The molecule has 0 radical (unpaired) electrons. The van der Waals surface area contributed by atoms with Gasteiger partial charge in [0.15, 0.2) is 0 Å². The largest absolute Gasteiger partial charge is 0.478 e. The fourth-order valence-electron chi connectivity index (χ4n) is 2.69. The van der Waals surface area contributed by atoms with E-state index in [2.05, 4.69) is 18.4 Å². The smallest absolute Gasteiger partial charge is 0.335 e. The van der Waals surface area contributed by atoms with Gasteiger partial charge in [0.25, 0.3) is 0 Å². The third-order valence-electron chi connectivity index (χ3n) is 3.65. The van der Waals surface area contributed by atoms with Crippen LogP contribution in [-0.4, -0.2) is 22.2 Å². The Morgan fingerprint density at radius 3 is 2.74 bits per heavy atom. The van der Waals surface area contributed by atoms with Crippen LogP contribution in [0.4, 0.5) is 0 Å². The molecule has 0 aliphatic heterocycles. The maximum Gasteiger partial charge on any atom is 0.335 e. The Balaban J connectivity index is 2.65. The summed E-state index contributed by atoms with van der Waals surface area (Å²) in [6.45, 7) is 5.73. The van der Waals surface area contributed by atoms with Crippen molar-refractivity contribution in [2.45, 2.75) is 33.2 Å². The maximum atomic E-state index is 11.1. The van der Waals surface area contributed by atoms with Crippen molar-refractivity contribution in [2.75, 3.05) is 6.54 Å². The van der Waals surface area contributed by atoms with Crippen molar-refractivity contribution in [3.63, 3.8) is 0 Å². The predicted molar refractivity (Wildman–Crippen MR) is 76.7 cm³/mol.